The molecule has 1 radical (unpaired) electrons. The minimum absolute atomic E-state index is 0.248. The average molecular weight is 256 g/mol. The third-order valence-corrected chi connectivity index (χ3v) is 3.91. The van der Waals surface area contributed by atoms with Crippen LogP contribution in [0.3, 0.4) is 0 Å². The second-order valence-corrected chi connectivity index (χ2v) is 6.09. The lowest BCUT2D eigenvalue weighted by Gasteiger charge is -2.32. The van der Waals surface area contributed by atoms with E-state index in [1.165, 1.54) is 10.6 Å². The Morgan fingerprint density at radius 3 is 2.32 bits per heavy atom. The minimum atomic E-state index is -0.371. The van der Waals surface area contributed by atoms with Gasteiger partial charge in [0, 0.05) is 5.54 Å². The fourth-order valence-corrected chi connectivity index (χ4v) is 2.60. The highest BCUT2D eigenvalue weighted by Crippen LogP contribution is 2.40. The van der Waals surface area contributed by atoms with E-state index in [1.54, 1.807) is 0 Å². The number of rotatable bonds is 3. The van der Waals surface area contributed by atoms with E-state index >= 15 is 0 Å². The molecule has 2 rings (SSSR count). The maximum Gasteiger partial charge on any atom is 0.0654 e. The number of nitrogens with zero attached hydrogens (tertiary/aromatic N) is 1. The lowest BCUT2D eigenvalue weighted by atomic mass is 9.98. The molecule has 1 unspecified atom stereocenters. The molecule has 19 heavy (non-hydrogen) atoms. The zero-order valence-corrected chi connectivity index (χ0v) is 12.0. The zero-order chi connectivity index (χ0) is 13.9. The zero-order valence-electron chi connectivity index (χ0n) is 12.0. The van der Waals surface area contributed by atoms with Crippen molar-refractivity contribution >= 4 is 6.08 Å². The van der Waals surface area contributed by atoms with E-state index in [9.17, 15) is 5.21 Å². The lowest BCUT2D eigenvalue weighted by Crippen LogP contribution is -2.45. The van der Waals surface area contributed by atoms with E-state index in [0.717, 1.165) is 12.8 Å². The first-order chi connectivity index (χ1) is 8.94. The third-order valence-electron chi connectivity index (χ3n) is 3.91. The molecule has 0 bridgehead atoms. The smallest absolute Gasteiger partial charge is 0.0654 e. The summed E-state index contributed by atoms with van der Waals surface area (Å²) in [5.41, 5.74) is 0.551. The van der Waals surface area contributed by atoms with Gasteiger partial charge in [0.2, 0.25) is 0 Å². The van der Waals surface area contributed by atoms with Gasteiger partial charge >= 0.3 is 0 Å². The van der Waals surface area contributed by atoms with Crippen LogP contribution >= 0.6 is 0 Å². The van der Waals surface area contributed by atoms with Gasteiger partial charge in [0.15, 0.2) is 0 Å². The van der Waals surface area contributed by atoms with Crippen LogP contribution in [0.15, 0.2) is 48.6 Å². The van der Waals surface area contributed by atoms with Gasteiger partial charge < -0.3 is 0 Å². The van der Waals surface area contributed by atoms with Crippen LogP contribution in [-0.4, -0.2) is 16.1 Å². The van der Waals surface area contributed by atoms with Gasteiger partial charge in [-0.15, -0.1) is 10.3 Å². The van der Waals surface area contributed by atoms with E-state index in [-0.39, 0.29) is 11.1 Å². The number of hydrogen-bond acceptors (Lipinski definition) is 1. The average Bonchev–Trinajstić information content (AvgIpc) is 2.61. The second-order valence-electron chi connectivity index (χ2n) is 6.09. The molecular weight excluding hydrogens is 234 g/mol. The van der Waals surface area contributed by atoms with Crippen LogP contribution < -0.4 is 0 Å². The number of allylic oxidation sites excluding steroid dienone is 2. The molecule has 2 nitrogen and oxygen atoms in total. The van der Waals surface area contributed by atoms with Crippen LogP contribution in [0.25, 0.3) is 6.08 Å². The second kappa shape index (κ2) is 5.32. The van der Waals surface area contributed by atoms with E-state index in [0.29, 0.717) is 0 Å². The molecule has 0 N–H and O–H groups in total. The number of hydrogen-bond donors (Lipinski definition) is 0. The predicted molar refractivity (Wildman–Crippen MR) is 78.9 cm³/mol. The van der Waals surface area contributed by atoms with E-state index in [2.05, 4.69) is 18.2 Å². The molecule has 0 spiro atoms. The van der Waals surface area contributed by atoms with E-state index in [1.807, 2.05) is 57.2 Å². The largest absolute Gasteiger partial charge is 0.140 e. The fraction of sp³-hybridized carbons (Fsp3) is 0.412. The number of benzene rings is 1. The van der Waals surface area contributed by atoms with Gasteiger partial charge in [-0.05, 0) is 39.2 Å². The normalized spacial score (nSPS) is 27.6. The highest BCUT2D eigenvalue weighted by molar-refractivity contribution is 5.50. The Kier molecular flexibility index (Phi) is 3.93. The van der Waals surface area contributed by atoms with Gasteiger partial charge in [0.05, 0.1) is 5.54 Å². The molecule has 0 amide bonds. The summed E-state index contributed by atoms with van der Waals surface area (Å²) >= 11 is 0. The maximum absolute atomic E-state index is 12.3. The van der Waals surface area contributed by atoms with Crippen molar-refractivity contribution in [2.75, 3.05) is 0 Å². The Balaban J connectivity index is 2.02. The Hall–Kier alpha value is -1.38. The van der Waals surface area contributed by atoms with Crippen LogP contribution in [0, 0.1) is 0 Å². The standard InChI is InChI=1S/C17H22NO/c1-16(2)13-14-17(3,18(16)19)12-8-7-11-15-9-5-4-6-10-15/h4-12H,13-14H2,1-3H3/b11-7+,12-8+. The summed E-state index contributed by atoms with van der Waals surface area (Å²) in [6, 6.07) is 10.2. The molecule has 1 aromatic carbocycles. The monoisotopic (exact) mass is 256 g/mol. The Labute approximate surface area is 116 Å². The van der Waals surface area contributed by atoms with E-state index < -0.39 is 0 Å². The van der Waals surface area contributed by atoms with E-state index in [4.69, 9.17) is 0 Å². The van der Waals surface area contributed by atoms with Crippen LogP contribution in [0.5, 0.6) is 0 Å². The molecule has 0 saturated carbocycles. The van der Waals surface area contributed by atoms with Crippen molar-refractivity contribution < 1.29 is 5.21 Å². The first-order valence-electron chi connectivity index (χ1n) is 6.82. The Bertz CT molecular complexity index is 475. The quantitative estimate of drug-likeness (QED) is 0.742. The number of hydroxylamine groups is 2. The molecule has 2 heteroatoms. The molecule has 1 aromatic rings. The molecule has 1 aliphatic rings. The summed E-state index contributed by atoms with van der Waals surface area (Å²) in [5.74, 6) is 0. The van der Waals surface area contributed by atoms with Gasteiger partial charge in [0.1, 0.15) is 0 Å². The summed E-state index contributed by atoms with van der Waals surface area (Å²) < 4.78 is 0. The Morgan fingerprint density at radius 2 is 1.74 bits per heavy atom. The van der Waals surface area contributed by atoms with Crippen molar-refractivity contribution in [3.05, 3.63) is 54.1 Å². The van der Waals surface area contributed by atoms with Crippen LogP contribution in [0.2, 0.25) is 0 Å². The maximum atomic E-state index is 12.3. The molecule has 0 aliphatic carbocycles. The molecule has 1 atom stereocenters. The molecule has 0 aromatic heterocycles. The van der Waals surface area contributed by atoms with Gasteiger partial charge in [0.25, 0.3) is 0 Å². The topological polar surface area (TPSA) is 23.1 Å². The van der Waals surface area contributed by atoms with Crippen LogP contribution in [0.1, 0.15) is 39.2 Å². The lowest BCUT2D eigenvalue weighted by molar-refractivity contribution is -0.236. The minimum Gasteiger partial charge on any atom is -0.140 e. The SMILES string of the molecule is CC1(C)CCC(C)(/C=C/C=C/c2ccccc2)N1[O]. The summed E-state index contributed by atoms with van der Waals surface area (Å²) in [6.07, 6.45) is 9.92. The van der Waals surface area contributed by atoms with Crippen LogP contribution in [-0.2, 0) is 5.21 Å². The molecule has 1 heterocycles. The Morgan fingerprint density at radius 1 is 1.05 bits per heavy atom. The first-order valence-corrected chi connectivity index (χ1v) is 6.82. The van der Waals surface area contributed by atoms with Gasteiger partial charge in [-0.2, -0.15) is 0 Å². The molecule has 1 aliphatic heterocycles. The third kappa shape index (κ3) is 3.14. The van der Waals surface area contributed by atoms with Crippen LogP contribution in [0.4, 0.5) is 0 Å². The first kappa shape index (κ1) is 14.0. The highest BCUT2D eigenvalue weighted by atomic mass is 16.5. The van der Waals surface area contributed by atoms with Crippen molar-refractivity contribution in [3.63, 3.8) is 0 Å². The van der Waals surface area contributed by atoms with Gasteiger partial charge in [-0.1, -0.05) is 54.6 Å². The fourth-order valence-electron chi connectivity index (χ4n) is 2.60. The molecule has 1 saturated heterocycles. The van der Waals surface area contributed by atoms with Crippen molar-refractivity contribution in [1.82, 2.24) is 5.06 Å². The van der Waals surface area contributed by atoms with Gasteiger partial charge in [-0.25, -0.2) is 0 Å². The molecular formula is C17H22NO. The molecule has 101 valence electrons. The molecule has 1 fully saturated rings. The van der Waals surface area contributed by atoms with Gasteiger partial charge in [-0.3, -0.25) is 0 Å². The highest BCUT2D eigenvalue weighted by Gasteiger charge is 2.46. The summed E-state index contributed by atoms with van der Waals surface area (Å²) in [6.45, 7) is 6.04. The van der Waals surface area contributed by atoms with Crippen molar-refractivity contribution in [2.45, 2.75) is 44.7 Å². The predicted octanol–water partition coefficient (Wildman–Crippen LogP) is 4.23. The summed E-state index contributed by atoms with van der Waals surface area (Å²) in [5, 5.41) is 13.5. The summed E-state index contributed by atoms with van der Waals surface area (Å²) in [7, 11) is 0. The van der Waals surface area contributed by atoms with Crippen molar-refractivity contribution in [3.8, 4) is 0 Å². The van der Waals surface area contributed by atoms with Crippen molar-refractivity contribution in [2.24, 2.45) is 0 Å². The summed E-state index contributed by atoms with van der Waals surface area (Å²) in [4.78, 5) is 0. The van der Waals surface area contributed by atoms with Crippen molar-refractivity contribution in [1.29, 1.82) is 0 Å².